The summed E-state index contributed by atoms with van der Waals surface area (Å²) in [5.41, 5.74) is 1.16. The first-order valence-electron chi connectivity index (χ1n) is 4.61. The minimum absolute atomic E-state index is 0.0700. The largest absolute Gasteiger partial charge is 0.291 e. The van der Waals surface area contributed by atoms with E-state index in [1.807, 2.05) is 0 Å². The number of rotatable bonds is 3. The van der Waals surface area contributed by atoms with E-state index in [2.05, 4.69) is 4.98 Å². The lowest BCUT2D eigenvalue weighted by atomic mass is 10.2. The summed E-state index contributed by atoms with van der Waals surface area (Å²) >= 11 is 18.6. The molecule has 0 amide bonds. The molecule has 2 nitrogen and oxygen atoms in total. The summed E-state index contributed by atoms with van der Waals surface area (Å²) in [6.45, 7) is 0. The SMILES string of the molecule is O=C(CCl)c1csc(-c2cc(Cl)cc(Cl)c2)n1. The molecule has 2 rings (SSSR count). The molecule has 2 aromatic rings. The Morgan fingerprint density at radius 3 is 2.47 bits per heavy atom. The van der Waals surface area contributed by atoms with Crippen molar-refractivity contribution < 1.29 is 4.79 Å². The van der Waals surface area contributed by atoms with E-state index in [4.69, 9.17) is 34.8 Å². The minimum atomic E-state index is -0.192. The molecule has 0 saturated carbocycles. The van der Waals surface area contributed by atoms with Gasteiger partial charge in [-0.2, -0.15) is 0 Å². The summed E-state index contributed by atoms with van der Waals surface area (Å²) in [6.07, 6.45) is 0. The lowest BCUT2D eigenvalue weighted by Crippen LogP contribution is -1.99. The van der Waals surface area contributed by atoms with Crippen molar-refractivity contribution in [2.24, 2.45) is 0 Å². The van der Waals surface area contributed by atoms with Gasteiger partial charge in [0.2, 0.25) is 0 Å². The second-order valence-corrected chi connectivity index (χ2v) is 5.25. The third kappa shape index (κ3) is 2.99. The molecule has 0 aliphatic carbocycles. The third-order valence-electron chi connectivity index (χ3n) is 2.02. The highest BCUT2D eigenvalue weighted by molar-refractivity contribution is 7.13. The van der Waals surface area contributed by atoms with Crippen LogP contribution in [0.15, 0.2) is 23.6 Å². The highest BCUT2D eigenvalue weighted by Gasteiger charge is 2.11. The number of benzene rings is 1. The first-order chi connectivity index (χ1) is 8.10. The van der Waals surface area contributed by atoms with Crippen LogP contribution < -0.4 is 0 Å². The first kappa shape index (κ1) is 12.8. The number of hydrogen-bond donors (Lipinski definition) is 0. The Bertz CT molecular complexity index is 547. The van der Waals surface area contributed by atoms with E-state index < -0.39 is 0 Å². The van der Waals surface area contributed by atoms with Crippen LogP contribution >= 0.6 is 46.1 Å². The Morgan fingerprint density at radius 2 is 1.88 bits per heavy atom. The van der Waals surface area contributed by atoms with Crippen LogP contribution in [0.3, 0.4) is 0 Å². The molecule has 0 bridgehead atoms. The number of thiazole rings is 1. The van der Waals surface area contributed by atoms with Crippen molar-refractivity contribution in [1.29, 1.82) is 0 Å². The molecular formula is C11H6Cl3NOS. The zero-order chi connectivity index (χ0) is 12.4. The Balaban J connectivity index is 2.40. The Kier molecular flexibility index (Phi) is 4.05. The van der Waals surface area contributed by atoms with Crippen LogP contribution in [0.2, 0.25) is 10.0 Å². The fourth-order valence-corrected chi connectivity index (χ4v) is 2.76. The van der Waals surface area contributed by atoms with Gasteiger partial charge in [-0.1, -0.05) is 23.2 Å². The predicted octanol–water partition coefficient (Wildman–Crippen LogP) is 4.54. The fraction of sp³-hybridized carbons (Fsp3) is 0.0909. The Labute approximate surface area is 117 Å². The quantitative estimate of drug-likeness (QED) is 0.615. The molecule has 0 spiro atoms. The third-order valence-corrected chi connectivity index (χ3v) is 3.59. The number of hydrogen-bond acceptors (Lipinski definition) is 3. The number of aromatic nitrogens is 1. The molecule has 0 aliphatic rings. The van der Waals surface area contributed by atoms with Gasteiger partial charge in [0.25, 0.3) is 0 Å². The van der Waals surface area contributed by atoms with Gasteiger partial charge in [-0.05, 0) is 18.2 Å². The molecule has 6 heteroatoms. The van der Waals surface area contributed by atoms with Crippen LogP contribution in [0.25, 0.3) is 10.6 Å². The highest BCUT2D eigenvalue weighted by atomic mass is 35.5. The van der Waals surface area contributed by atoms with Crippen molar-refractivity contribution >= 4 is 51.9 Å². The van der Waals surface area contributed by atoms with E-state index in [1.54, 1.807) is 23.6 Å². The van der Waals surface area contributed by atoms with Crippen LogP contribution in [-0.2, 0) is 0 Å². The molecule has 17 heavy (non-hydrogen) atoms. The number of carbonyl (C=O) groups excluding carboxylic acids is 1. The molecule has 0 N–H and O–H groups in total. The summed E-state index contributed by atoms with van der Waals surface area (Å²) in [5, 5.41) is 3.44. The highest BCUT2D eigenvalue weighted by Crippen LogP contribution is 2.29. The smallest absolute Gasteiger partial charge is 0.196 e. The van der Waals surface area contributed by atoms with Gasteiger partial charge in [-0.3, -0.25) is 4.79 Å². The van der Waals surface area contributed by atoms with Crippen molar-refractivity contribution in [3.8, 4) is 10.6 Å². The molecule has 88 valence electrons. The van der Waals surface area contributed by atoms with Gasteiger partial charge in [-0.25, -0.2) is 4.98 Å². The number of ketones is 1. The number of Topliss-reactive ketones (excluding diaryl/α,β-unsaturated/α-hetero) is 1. The van der Waals surface area contributed by atoms with Crippen LogP contribution in [-0.4, -0.2) is 16.6 Å². The first-order valence-corrected chi connectivity index (χ1v) is 6.78. The van der Waals surface area contributed by atoms with Gasteiger partial charge in [0.05, 0.1) is 5.88 Å². The molecule has 0 saturated heterocycles. The monoisotopic (exact) mass is 305 g/mol. The second kappa shape index (κ2) is 5.36. The van der Waals surface area contributed by atoms with Gasteiger partial charge in [0, 0.05) is 21.0 Å². The van der Waals surface area contributed by atoms with Crippen LogP contribution in [0.5, 0.6) is 0 Å². The fourth-order valence-electron chi connectivity index (χ4n) is 1.28. The molecule has 1 aromatic heterocycles. The van der Waals surface area contributed by atoms with Crippen molar-refractivity contribution in [2.45, 2.75) is 0 Å². The molecular weight excluding hydrogens is 301 g/mol. The standard InChI is InChI=1S/C11H6Cl3NOS/c12-4-10(16)9-5-17-11(15-9)6-1-7(13)3-8(14)2-6/h1-3,5H,4H2. The maximum absolute atomic E-state index is 11.4. The number of nitrogens with zero attached hydrogens (tertiary/aromatic N) is 1. The van der Waals surface area contributed by atoms with Crippen molar-refractivity contribution in [2.75, 3.05) is 5.88 Å². The summed E-state index contributed by atoms with van der Waals surface area (Å²) < 4.78 is 0. The molecule has 0 fully saturated rings. The van der Waals surface area contributed by atoms with Crippen molar-refractivity contribution in [1.82, 2.24) is 4.98 Å². The van der Waals surface area contributed by atoms with E-state index in [1.165, 1.54) is 11.3 Å². The lowest BCUT2D eigenvalue weighted by molar-refractivity contribution is 0.101. The average molecular weight is 307 g/mol. The second-order valence-electron chi connectivity index (χ2n) is 3.25. The van der Waals surface area contributed by atoms with E-state index >= 15 is 0 Å². The average Bonchev–Trinajstić information content (AvgIpc) is 2.76. The Hall–Kier alpha value is -0.610. The van der Waals surface area contributed by atoms with E-state index in [9.17, 15) is 4.79 Å². The number of carbonyl (C=O) groups is 1. The van der Waals surface area contributed by atoms with E-state index in [-0.39, 0.29) is 11.7 Å². The van der Waals surface area contributed by atoms with Crippen LogP contribution in [0.1, 0.15) is 10.5 Å². The summed E-state index contributed by atoms with van der Waals surface area (Å²) in [5.74, 6) is -0.262. The number of alkyl halides is 1. The molecule has 1 aromatic carbocycles. The number of halogens is 3. The molecule has 0 atom stereocenters. The summed E-state index contributed by atoms with van der Waals surface area (Å²) in [4.78, 5) is 15.6. The maximum atomic E-state index is 11.4. The maximum Gasteiger partial charge on any atom is 0.196 e. The molecule has 0 radical (unpaired) electrons. The predicted molar refractivity (Wildman–Crippen MR) is 72.6 cm³/mol. The summed E-state index contributed by atoms with van der Waals surface area (Å²) in [7, 11) is 0. The molecule has 0 aliphatic heterocycles. The van der Waals surface area contributed by atoms with Gasteiger partial charge < -0.3 is 0 Å². The summed E-state index contributed by atoms with van der Waals surface area (Å²) in [6, 6.07) is 5.15. The molecule has 1 heterocycles. The Morgan fingerprint density at radius 1 is 1.24 bits per heavy atom. The van der Waals surface area contributed by atoms with Crippen LogP contribution in [0.4, 0.5) is 0 Å². The van der Waals surface area contributed by atoms with E-state index in [0.717, 1.165) is 5.56 Å². The van der Waals surface area contributed by atoms with Gasteiger partial charge >= 0.3 is 0 Å². The van der Waals surface area contributed by atoms with Gasteiger partial charge in [-0.15, -0.1) is 22.9 Å². The van der Waals surface area contributed by atoms with Crippen molar-refractivity contribution in [3.05, 3.63) is 39.3 Å². The normalized spacial score (nSPS) is 10.5. The zero-order valence-electron chi connectivity index (χ0n) is 8.41. The van der Waals surface area contributed by atoms with Crippen molar-refractivity contribution in [3.63, 3.8) is 0 Å². The van der Waals surface area contributed by atoms with E-state index in [0.29, 0.717) is 20.7 Å². The topological polar surface area (TPSA) is 30.0 Å². The van der Waals surface area contributed by atoms with Gasteiger partial charge in [0.1, 0.15) is 10.7 Å². The zero-order valence-corrected chi connectivity index (χ0v) is 11.5. The van der Waals surface area contributed by atoms with Gasteiger partial charge in [0.15, 0.2) is 5.78 Å². The minimum Gasteiger partial charge on any atom is -0.291 e. The molecule has 0 unspecified atom stereocenters. The van der Waals surface area contributed by atoms with Crippen LogP contribution in [0, 0.1) is 0 Å². The lowest BCUT2D eigenvalue weighted by Gasteiger charge is -1.98.